The lowest BCUT2D eigenvalue weighted by Crippen LogP contribution is -2.03. The third-order valence-electron chi connectivity index (χ3n) is 2.17. The number of phenols is 1. The SMILES string of the molecule is CC(O)Cc1csc2c(O)cccc12. The molecule has 2 rings (SSSR count). The molecule has 1 aromatic carbocycles. The summed E-state index contributed by atoms with van der Waals surface area (Å²) in [6, 6.07) is 5.49. The largest absolute Gasteiger partial charge is 0.506 e. The maximum atomic E-state index is 9.57. The number of fused-ring (bicyclic) bond motifs is 1. The van der Waals surface area contributed by atoms with E-state index in [0.717, 1.165) is 15.6 Å². The minimum atomic E-state index is -0.338. The van der Waals surface area contributed by atoms with Crippen molar-refractivity contribution in [1.82, 2.24) is 0 Å². The molecule has 1 unspecified atom stereocenters. The first kappa shape index (κ1) is 9.49. The van der Waals surface area contributed by atoms with Gasteiger partial charge in [-0.05, 0) is 35.7 Å². The third-order valence-corrected chi connectivity index (χ3v) is 3.24. The lowest BCUT2D eigenvalue weighted by atomic mass is 10.1. The van der Waals surface area contributed by atoms with Gasteiger partial charge in [-0.15, -0.1) is 11.3 Å². The quantitative estimate of drug-likeness (QED) is 0.796. The highest BCUT2D eigenvalue weighted by atomic mass is 32.1. The second-order valence-electron chi connectivity index (χ2n) is 3.47. The van der Waals surface area contributed by atoms with Crippen LogP contribution < -0.4 is 0 Å². The van der Waals surface area contributed by atoms with Crippen LogP contribution >= 0.6 is 11.3 Å². The zero-order chi connectivity index (χ0) is 10.1. The molecule has 2 N–H and O–H groups in total. The molecule has 0 fully saturated rings. The summed E-state index contributed by atoms with van der Waals surface area (Å²) in [4.78, 5) is 0. The number of hydrogen-bond donors (Lipinski definition) is 2. The van der Waals surface area contributed by atoms with Crippen LogP contribution in [0.5, 0.6) is 5.75 Å². The molecule has 2 aromatic rings. The van der Waals surface area contributed by atoms with Gasteiger partial charge in [-0.3, -0.25) is 0 Å². The van der Waals surface area contributed by atoms with Crippen LogP contribution in [0.15, 0.2) is 23.6 Å². The van der Waals surface area contributed by atoms with E-state index in [2.05, 4.69) is 0 Å². The van der Waals surface area contributed by atoms with Gasteiger partial charge in [0.05, 0.1) is 10.8 Å². The van der Waals surface area contributed by atoms with E-state index in [9.17, 15) is 10.2 Å². The molecule has 74 valence electrons. The number of hydrogen-bond acceptors (Lipinski definition) is 3. The molecule has 0 amide bonds. The Bertz CT molecular complexity index is 445. The van der Waals surface area contributed by atoms with E-state index in [0.29, 0.717) is 12.2 Å². The molecular weight excluding hydrogens is 196 g/mol. The molecule has 1 aromatic heterocycles. The van der Waals surface area contributed by atoms with Gasteiger partial charge in [-0.1, -0.05) is 12.1 Å². The van der Waals surface area contributed by atoms with Gasteiger partial charge in [-0.2, -0.15) is 0 Å². The van der Waals surface area contributed by atoms with Gasteiger partial charge in [0, 0.05) is 0 Å². The van der Waals surface area contributed by atoms with Gasteiger partial charge in [0.1, 0.15) is 5.75 Å². The van der Waals surface area contributed by atoms with Crippen molar-refractivity contribution in [2.45, 2.75) is 19.4 Å². The van der Waals surface area contributed by atoms with Crippen molar-refractivity contribution in [3.05, 3.63) is 29.1 Å². The summed E-state index contributed by atoms with van der Waals surface area (Å²) < 4.78 is 0.906. The first-order valence-corrected chi connectivity index (χ1v) is 5.42. The molecule has 0 aliphatic carbocycles. The topological polar surface area (TPSA) is 40.5 Å². The van der Waals surface area contributed by atoms with Crippen LogP contribution in [0.2, 0.25) is 0 Å². The standard InChI is InChI=1S/C11H12O2S/c1-7(12)5-8-6-14-11-9(8)3-2-4-10(11)13/h2-4,6-7,12-13H,5H2,1H3. The minimum absolute atomic E-state index is 0.323. The van der Waals surface area contributed by atoms with Crippen molar-refractivity contribution in [2.75, 3.05) is 0 Å². The van der Waals surface area contributed by atoms with Crippen molar-refractivity contribution >= 4 is 21.4 Å². The van der Waals surface area contributed by atoms with E-state index in [1.807, 2.05) is 17.5 Å². The van der Waals surface area contributed by atoms with Gasteiger partial charge in [-0.25, -0.2) is 0 Å². The molecule has 0 saturated carbocycles. The average Bonchev–Trinajstić information content (AvgIpc) is 2.49. The highest BCUT2D eigenvalue weighted by Crippen LogP contribution is 2.33. The molecule has 1 heterocycles. The molecule has 0 aliphatic rings. The highest BCUT2D eigenvalue weighted by Gasteiger charge is 2.08. The zero-order valence-corrected chi connectivity index (χ0v) is 8.71. The van der Waals surface area contributed by atoms with Crippen LogP contribution in [0.3, 0.4) is 0 Å². The minimum Gasteiger partial charge on any atom is -0.506 e. The highest BCUT2D eigenvalue weighted by molar-refractivity contribution is 7.17. The van der Waals surface area contributed by atoms with Crippen molar-refractivity contribution in [1.29, 1.82) is 0 Å². The fourth-order valence-electron chi connectivity index (χ4n) is 1.57. The number of aromatic hydroxyl groups is 1. The number of benzene rings is 1. The normalized spacial score (nSPS) is 13.3. The van der Waals surface area contributed by atoms with Gasteiger partial charge in [0.15, 0.2) is 0 Å². The van der Waals surface area contributed by atoms with Crippen molar-refractivity contribution in [3.63, 3.8) is 0 Å². The lowest BCUT2D eigenvalue weighted by molar-refractivity contribution is 0.196. The van der Waals surface area contributed by atoms with E-state index < -0.39 is 0 Å². The molecule has 3 heteroatoms. The monoisotopic (exact) mass is 208 g/mol. The predicted molar refractivity (Wildman–Crippen MR) is 58.9 cm³/mol. The molecule has 0 bridgehead atoms. The summed E-state index contributed by atoms with van der Waals surface area (Å²) in [6.45, 7) is 1.77. The van der Waals surface area contributed by atoms with Gasteiger partial charge >= 0.3 is 0 Å². The maximum Gasteiger partial charge on any atom is 0.133 e. The van der Waals surface area contributed by atoms with Crippen LogP contribution in [0.1, 0.15) is 12.5 Å². The van der Waals surface area contributed by atoms with E-state index in [1.54, 1.807) is 13.0 Å². The lowest BCUT2D eigenvalue weighted by Gasteiger charge is -2.02. The smallest absolute Gasteiger partial charge is 0.133 e. The zero-order valence-electron chi connectivity index (χ0n) is 7.90. The first-order valence-electron chi connectivity index (χ1n) is 4.54. The molecule has 1 atom stereocenters. The van der Waals surface area contributed by atoms with Crippen LogP contribution in [0.4, 0.5) is 0 Å². The summed E-state index contributed by atoms with van der Waals surface area (Å²) in [5, 5.41) is 21.9. The van der Waals surface area contributed by atoms with E-state index in [-0.39, 0.29) is 6.10 Å². The van der Waals surface area contributed by atoms with Crippen LogP contribution in [0.25, 0.3) is 10.1 Å². The Balaban J connectivity index is 2.52. The fraction of sp³-hybridized carbons (Fsp3) is 0.273. The third kappa shape index (κ3) is 1.61. The molecule has 0 saturated heterocycles. The van der Waals surface area contributed by atoms with Gasteiger partial charge in [0.2, 0.25) is 0 Å². The number of aliphatic hydroxyl groups is 1. The van der Waals surface area contributed by atoms with Crippen LogP contribution in [0, 0.1) is 0 Å². The maximum absolute atomic E-state index is 9.57. The number of rotatable bonds is 2. The van der Waals surface area contributed by atoms with Gasteiger partial charge < -0.3 is 10.2 Å². The molecule has 0 aliphatic heterocycles. The van der Waals surface area contributed by atoms with Crippen LogP contribution in [-0.4, -0.2) is 16.3 Å². The number of aliphatic hydroxyl groups excluding tert-OH is 1. The number of thiophene rings is 1. The van der Waals surface area contributed by atoms with Crippen molar-refractivity contribution < 1.29 is 10.2 Å². The Morgan fingerprint density at radius 1 is 1.43 bits per heavy atom. The molecule has 0 spiro atoms. The molecule has 0 radical (unpaired) electrons. The van der Waals surface area contributed by atoms with Crippen molar-refractivity contribution in [2.24, 2.45) is 0 Å². The Morgan fingerprint density at radius 2 is 2.21 bits per heavy atom. The van der Waals surface area contributed by atoms with Crippen molar-refractivity contribution in [3.8, 4) is 5.75 Å². The molecular formula is C11H12O2S. The summed E-state index contributed by atoms with van der Waals surface area (Å²) >= 11 is 1.52. The fourth-order valence-corrected chi connectivity index (χ4v) is 2.57. The Kier molecular flexibility index (Phi) is 2.44. The average molecular weight is 208 g/mol. The summed E-state index contributed by atoms with van der Waals surface area (Å²) in [7, 11) is 0. The van der Waals surface area contributed by atoms with Gasteiger partial charge in [0.25, 0.3) is 0 Å². The summed E-state index contributed by atoms with van der Waals surface area (Å²) in [6.07, 6.45) is 0.304. The van der Waals surface area contributed by atoms with E-state index in [4.69, 9.17) is 0 Å². The molecule has 14 heavy (non-hydrogen) atoms. The van der Waals surface area contributed by atoms with Crippen LogP contribution in [-0.2, 0) is 6.42 Å². The predicted octanol–water partition coefficient (Wildman–Crippen LogP) is 2.53. The first-order chi connectivity index (χ1) is 6.68. The summed E-state index contributed by atoms with van der Waals surface area (Å²) in [5.74, 6) is 0.323. The molecule has 2 nitrogen and oxygen atoms in total. The Labute approximate surface area is 86.4 Å². The second-order valence-corrected chi connectivity index (χ2v) is 4.35. The Hall–Kier alpha value is -1.06. The van der Waals surface area contributed by atoms with E-state index >= 15 is 0 Å². The number of phenolic OH excluding ortho intramolecular Hbond substituents is 1. The van der Waals surface area contributed by atoms with E-state index in [1.165, 1.54) is 11.3 Å². The second kappa shape index (κ2) is 3.59. The summed E-state index contributed by atoms with van der Waals surface area (Å²) in [5.41, 5.74) is 1.11. The Morgan fingerprint density at radius 3 is 2.93 bits per heavy atom.